The summed E-state index contributed by atoms with van der Waals surface area (Å²) in [4.78, 5) is 2.20. The van der Waals surface area contributed by atoms with Crippen LogP contribution >= 0.6 is 0 Å². The van der Waals surface area contributed by atoms with Crippen molar-refractivity contribution in [1.82, 2.24) is 4.90 Å². The van der Waals surface area contributed by atoms with E-state index >= 15 is 0 Å². The van der Waals surface area contributed by atoms with E-state index in [-0.39, 0.29) is 0 Å². The largest absolute Gasteiger partial charge is 0.366 e. The van der Waals surface area contributed by atoms with Gasteiger partial charge in [0, 0.05) is 13.2 Å². The standard InChI is InChI=1S/C6H13NO.C4H8/c1-7-4-2-3-5-8-6-7;1-4-2-3-4/h2-6H2,1H3;4H,2-3H2,1H3. The summed E-state index contributed by atoms with van der Waals surface area (Å²) in [7, 11) is 2.09. The van der Waals surface area contributed by atoms with E-state index in [1.54, 1.807) is 0 Å². The van der Waals surface area contributed by atoms with Crippen LogP contribution in [0.5, 0.6) is 0 Å². The Hall–Kier alpha value is -0.0800. The number of hydrogen-bond donors (Lipinski definition) is 0. The molecule has 1 saturated heterocycles. The van der Waals surface area contributed by atoms with Gasteiger partial charge in [-0.3, -0.25) is 4.90 Å². The maximum Gasteiger partial charge on any atom is 0.0987 e. The molecule has 1 saturated carbocycles. The van der Waals surface area contributed by atoms with Crippen LogP contribution in [0.15, 0.2) is 0 Å². The fourth-order valence-corrected chi connectivity index (χ4v) is 1.04. The molecule has 0 radical (unpaired) electrons. The zero-order chi connectivity index (χ0) is 8.81. The van der Waals surface area contributed by atoms with E-state index in [9.17, 15) is 0 Å². The molecule has 2 nitrogen and oxygen atoms in total. The van der Waals surface area contributed by atoms with Crippen LogP contribution in [0.4, 0.5) is 0 Å². The molecule has 1 aliphatic carbocycles. The molecule has 0 aromatic rings. The van der Waals surface area contributed by atoms with Crippen molar-refractivity contribution in [2.75, 3.05) is 26.9 Å². The Kier molecular flexibility index (Phi) is 4.62. The molecular weight excluding hydrogens is 150 g/mol. The highest BCUT2D eigenvalue weighted by atomic mass is 16.5. The van der Waals surface area contributed by atoms with E-state index < -0.39 is 0 Å². The monoisotopic (exact) mass is 171 g/mol. The van der Waals surface area contributed by atoms with Gasteiger partial charge < -0.3 is 4.74 Å². The Morgan fingerprint density at radius 3 is 2.50 bits per heavy atom. The van der Waals surface area contributed by atoms with Gasteiger partial charge in [-0.15, -0.1) is 0 Å². The second-order valence-corrected chi connectivity index (χ2v) is 4.01. The summed E-state index contributed by atoms with van der Waals surface area (Å²) < 4.78 is 5.23. The molecule has 0 atom stereocenters. The summed E-state index contributed by atoms with van der Waals surface area (Å²) in [6.07, 6.45) is 5.49. The molecule has 1 heterocycles. The van der Waals surface area contributed by atoms with E-state index in [2.05, 4.69) is 18.9 Å². The fourth-order valence-electron chi connectivity index (χ4n) is 1.04. The molecule has 2 fully saturated rings. The van der Waals surface area contributed by atoms with Crippen LogP contribution in [0.25, 0.3) is 0 Å². The average molecular weight is 171 g/mol. The van der Waals surface area contributed by atoms with Crippen LogP contribution in [0.3, 0.4) is 0 Å². The summed E-state index contributed by atoms with van der Waals surface area (Å²) in [5.74, 6) is 1.08. The van der Waals surface area contributed by atoms with E-state index in [4.69, 9.17) is 4.74 Å². The van der Waals surface area contributed by atoms with Crippen LogP contribution in [-0.4, -0.2) is 31.8 Å². The molecule has 0 aromatic carbocycles. The zero-order valence-electron chi connectivity index (χ0n) is 8.38. The van der Waals surface area contributed by atoms with Gasteiger partial charge in [0.25, 0.3) is 0 Å². The molecule has 2 heteroatoms. The first-order valence-corrected chi connectivity index (χ1v) is 5.05. The summed E-state index contributed by atoms with van der Waals surface area (Å²) in [5.41, 5.74) is 0. The number of nitrogens with zero attached hydrogens (tertiary/aromatic N) is 1. The van der Waals surface area contributed by atoms with Crippen LogP contribution in [0.2, 0.25) is 0 Å². The predicted octanol–water partition coefficient (Wildman–Crippen LogP) is 2.10. The first kappa shape index (κ1) is 10.0. The van der Waals surface area contributed by atoms with Crippen molar-refractivity contribution in [1.29, 1.82) is 0 Å². The van der Waals surface area contributed by atoms with E-state index in [0.29, 0.717) is 0 Å². The van der Waals surface area contributed by atoms with E-state index in [1.165, 1.54) is 32.2 Å². The molecule has 2 rings (SSSR count). The topological polar surface area (TPSA) is 12.5 Å². The third-order valence-electron chi connectivity index (χ3n) is 2.26. The summed E-state index contributed by atoms with van der Waals surface area (Å²) in [6, 6.07) is 0. The third-order valence-corrected chi connectivity index (χ3v) is 2.26. The van der Waals surface area contributed by atoms with Crippen molar-refractivity contribution in [2.45, 2.75) is 32.6 Å². The summed E-state index contributed by atoms with van der Waals surface area (Å²) >= 11 is 0. The number of ether oxygens (including phenoxy) is 1. The van der Waals surface area contributed by atoms with Gasteiger partial charge in [0.05, 0.1) is 6.73 Å². The fraction of sp³-hybridized carbons (Fsp3) is 1.00. The number of hydrogen-bond acceptors (Lipinski definition) is 2. The van der Waals surface area contributed by atoms with Gasteiger partial charge in [-0.05, 0) is 25.8 Å². The van der Waals surface area contributed by atoms with Gasteiger partial charge in [0.15, 0.2) is 0 Å². The average Bonchev–Trinajstić information content (AvgIpc) is 2.81. The van der Waals surface area contributed by atoms with Crippen LogP contribution in [0, 0.1) is 5.92 Å². The first-order chi connectivity index (χ1) is 5.79. The van der Waals surface area contributed by atoms with Crippen molar-refractivity contribution in [3.8, 4) is 0 Å². The van der Waals surface area contributed by atoms with Crippen LogP contribution in [-0.2, 0) is 4.74 Å². The smallest absolute Gasteiger partial charge is 0.0987 e. The zero-order valence-corrected chi connectivity index (χ0v) is 8.38. The van der Waals surface area contributed by atoms with Crippen LogP contribution in [0.1, 0.15) is 32.6 Å². The molecular formula is C10H21NO. The molecule has 0 bridgehead atoms. The molecule has 0 N–H and O–H groups in total. The molecule has 0 spiro atoms. The van der Waals surface area contributed by atoms with Crippen molar-refractivity contribution < 1.29 is 4.74 Å². The SMILES string of the molecule is CC1CC1.CN1CCCCOC1. The Morgan fingerprint density at radius 1 is 1.25 bits per heavy atom. The predicted molar refractivity (Wildman–Crippen MR) is 51.1 cm³/mol. The minimum absolute atomic E-state index is 0.819. The summed E-state index contributed by atoms with van der Waals surface area (Å²) in [5, 5.41) is 0. The normalized spacial score (nSPS) is 25.5. The van der Waals surface area contributed by atoms with Crippen LogP contribution < -0.4 is 0 Å². The second kappa shape index (κ2) is 5.55. The summed E-state index contributed by atoms with van der Waals surface area (Å²) in [6.45, 7) is 5.24. The van der Waals surface area contributed by atoms with E-state index in [1.807, 2.05) is 0 Å². The van der Waals surface area contributed by atoms with Crippen molar-refractivity contribution in [3.05, 3.63) is 0 Å². The highest BCUT2D eigenvalue weighted by molar-refractivity contribution is 4.65. The maximum atomic E-state index is 5.23. The Balaban J connectivity index is 0.000000150. The lowest BCUT2D eigenvalue weighted by Gasteiger charge is -2.10. The van der Waals surface area contributed by atoms with Crippen molar-refractivity contribution in [2.24, 2.45) is 5.92 Å². The Bertz CT molecular complexity index is 104. The molecule has 0 aromatic heterocycles. The molecule has 72 valence electrons. The lowest BCUT2D eigenvalue weighted by atomic mass is 10.3. The van der Waals surface area contributed by atoms with Gasteiger partial charge in [-0.1, -0.05) is 19.8 Å². The molecule has 0 amide bonds. The lowest BCUT2D eigenvalue weighted by molar-refractivity contribution is 0.0647. The Morgan fingerprint density at radius 2 is 1.92 bits per heavy atom. The Labute approximate surface area is 75.9 Å². The van der Waals surface area contributed by atoms with Gasteiger partial charge in [-0.2, -0.15) is 0 Å². The minimum Gasteiger partial charge on any atom is -0.366 e. The highest BCUT2D eigenvalue weighted by Crippen LogP contribution is 2.26. The van der Waals surface area contributed by atoms with Crippen molar-refractivity contribution >= 4 is 0 Å². The van der Waals surface area contributed by atoms with Gasteiger partial charge in [0.1, 0.15) is 0 Å². The molecule has 0 unspecified atom stereocenters. The van der Waals surface area contributed by atoms with Gasteiger partial charge in [0.2, 0.25) is 0 Å². The lowest BCUT2D eigenvalue weighted by Crippen LogP contribution is -2.19. The molecule has 12 heavy (non-hydrogen) atoms. The minimum atomic E-state index is 0.819. The third kappa shape index (κ3) is 5.56. The van der Waals surface area contributed by atoms with Crippen molar-refractivity contribution in [3.63, 3.8) is 0 Å². The van der Waals surface area contributed by atoms with Gasteiger partial charge >= 0.3 is 0 Å². The number of rotatable bonds is 0. The molecule has 2 aliphatic rings. The quantitative estimate of drug-likeness (QED) is 0.553. The van der Waals surface area contributed by atoms with Gasteiger partial charge in [-0.25, -0.2) is 0 Å². The first-order valence-electron chi connectivity index (χ1n) is 5.05. The second-order valence-electron chi connectivity index (χ2n) is 4.01. The molecule has 1 aliphatic heterocycles. The highest BCUT2D eigenvalue weighted by Gasteiger charge is 2.12. The van der Waals surface area contributed by atoms with E-state index in [0.717, 1.165) is 19.3 Å². The maximum absolute atomic E-state index is 5.23.